The van der Waals surface area contributed by atoms with Gasteiger partial charge in [-0.1, -0.05) is 6.07 Å². The Morgan fingerprint density at radius 2 is 1.72 bits per heavy atom. The fraction of sp³-hybridized carbons (Fsp3) is 0.150. The van der Waals surface area contributed by atoms with Gasteiger partial charge in [0.2, 0.25) is 0 Å². The van der Waals surface area contributed by atoms with Crippen LogP contribution in [0.1, 0.15) is 21.5 Å². The van der Waals surface area contributed by atoms with Gasteiger partial charge in [-0.3, -0.25) is 9.78 Å². The molecule has 6 nitrogen and oxygen atoms in total. The largest absolute Gasteiger partial charge is 0.586 e. The molecule has 1 aromatic heterocycles. The quantitative estimate of drug-likeness (QED) is 0.701. The molecule has 2 aromatic carbocycles. The minimum atomic E-state index is -3.71. The molecule has 0 spiro atoms. The van der Waals surface area contributed by atoms with Gasteiger partial charge in [0.05, 0.1) is 18.1 Å². The Morgan fingerprint density at radius 1 is 1.00 bits per heavy atom. The fourth-order valence-electron chi connectivity index (χ4n) is 2.93. The molecule has 29 heavy (non-hydrogen) atoms. The number of carbonyl (C=O) groups is 1. The maximum absolute atomic E-state index is 13.4. The van der Waals surface area contributed by atoms with Crippen LogP contribution in [0.5, 0.6) is 11.5 Å². The van der Waals surface area contributed by atoms with Crippen molar-refractivity contribution in [2.45, 2.75) is 20.1 Å². The second-order valence-electron chi connectivity index (χ2n) is 6.48. The van der Waals surface area contributed by atoms with E-state index in [0.717, 1.165) is 6.07 Å². The van der Waals surface area contributed by atoms with Crippen molar-refractivity contribution in [1.29, 1.82) is 0 Å². The summed E-state index contributed by atoms with van der Waals surface area (Å²) in [6, 6.07) is 6.73. The number of ether oxygens (including phenoxy) is 2. The lowest BCUT2D eigenvalue weighted by Crippen LogP contribution is -2.25. The zero-order chi connectivity index (χ0) is 20.8. The van der Waals surface area contributed by atoms with Gasteiger partial charge in [-0.15, -0.1) is 8.78 Å². The molecule has 0 saturated heterocycles. The Morgan fingerprint density at radius 3 is 2.41 bits per heavy atom. The van der Waals surface area contributed by atoms with Crippen LogP contribution < -0.4 is 14.8 Å². The van der Waals surface area contributed by atoms with Crippen molar-refractivity contribution in [3.05, 3.63) is 65.2 Å². The van der Waals surface area contributed by atoms with Gasteiger partial charge < -0.3 is 14.8 Å². The summed E-state index contributed by atoms with van der Waals surface area (Å²) in [6.07, 6.45) is -1.00. The van der Waals surface area contributed by atoms with Crippen molar-refractivity contribution < 1.29 is 27.4 Å². The fourth-order valence-corrected chi connectivity index (χ4v) is 2.93. The predicted molar refractivity (Wildman–Crippen MR) is 97.5 cm³/mol. The van der Waals surface area contributed by atoms with E-state index in [1.807, 2.05) is 0 Å². The Bertz CT molecular complexity index is 1120. The number of nitrogens with zero attached hydrogens (tertiary/aromatic N) is 2. The van der Waals surface area contributed by atoms with Crippen molar-refractivity contribution >= 4 is 11.7 Å². The summed E-state index contributed by atoms with van der Waals surface area (Å²) in [7, 11) is 0. The summed E-state index contributed by atoms with van der Waals surface area (Å²) in [5, 5.41) is 2.55. The Labute approximate surface area is 163 Å². The lowest BCUT2D eigenvalue weighted by molar-refractivity contribution is -0.286. The zero-order valence-electron chi connectivity index (χ0n) is 15.3. The average Bonchev–Trinajstić information content (AvgIpc) is 2.96. The number of fused-ring (bicyclic) bond motifs is 1. The summed E-state index contributed by atoms with van der Waals surface area (Å²) in [6.45, 7) is 3.40. The minimum absolute atomic E-state index is 0.0569. The van der Waals surface area contributed by atoms with Gasteiger partial charge >= 0.3 is 6.29 Å². The van der Waals surface area contributed by atoms with E-state index in [9.17, 15) is 18.0 Å². The van der Waals surface area contributed by atoms with E-state index < -0.39 is 18.0 Å². The van der Waals surface area contributed by atoms with Crippen LogP contribution in [0.3, 0.4) is 0 Å². The van der Waals surface area contributed by atoms with E-state index in [2.05, 4.69) is 24.8 Å². The second kappa shape index (κ2) is 6.77. The van der Waals surface area contributed by atoms with Crippen LogP contribution in [0.25, 0.3) is 11.3 Å². The summed E-state index contributed by atoms with van der Waals surface area (Å²) < 4.78 is 48.8. The van der Waals surface area contributed by atoms with Crippen molar-refractivity contribution in [1.82, 2.24) is 9.97 Å². The number of hydrogen-bond donors (Lipinski definition) is 1. The maximum Gasteiger partial charge on any atom is 0.586 e. The van der Waals surface area contributed by atoms with Gasteiger partial charge in [0.15, 0.2) is 17.3 Å². The van der Waals surface area contributed by atoms with Gasteiger partial charge in [0.25, 0.3) is 5.91 Å². The number of aryl methyl sites for hydroxylation is 2. The lowest BCUT2D eigenvalue weighted by atomic mass is 10.1. The molecule has 0 radical (unpaired) electrons. The van der Waals surface area contributed by atoms with Crippen LogP contribution >= 0.6 is 0 Å². The second-order valence-corrected chi connectivity index (χ2v) is 6.48. The first-order valence-corrected chi connectivity index (χ1v) is 8.52. The van der Waals surface area contributed by atoms with Gasteiger partial charge in [0.1, 0.15) is 5.82 Å². The number of carbonyl (C=O) groups excluding carboxylic acids is 1. The van der Waals surface area contributed by atoms with E-state index in [-0.39, 0.29) is 22.9 Å². The third kappa shape index (κ3) is 3.71. The van der Waals surface area contributed by atoms with Crippen LogP contribution in [0.4, 0.5) is 19.0 Å². The number of alkyl halides is 2. The molecule has 0 saturated carbocycles. The molecular weight excluding hydrogens is 387 g/mol. The molecule has 0 fully saturated rings. The Balaban J connectivity index is 1.56. The highest BCUT2D eigenvalue weighted by molar-refractivity contribution is 6.04. The Hall–Kier alpha value is -3.62. The molecular formula is C20H14F3N3O3. The minimum Gasteiger partial charge on any atom is -0.395 e. The van der Waals surface area contributed by atoms with Gasteiger partial charge in [-0.05, 0) is 49.2 Å². The number of rotatable bonds is 3. The van der Waals surface area contributed by atoms with E-state index in [1.54, 1.807) is 13.8 Å². The number of amides is 1. The van der Waals surface area contributed by atoms with Crippen LogP contribution in [0.15, 0.2) is 42.7 Å². The van der Waals surface area contributed by atoms with Crippen molar-refractivity contribution in [2.75, 3.05) is 5.32 Å². The van der Waals surface area contributed by atoms with Gasteiger partial charge in [0, 0.05) is 11.1 Å². The molecule has 0 bridgehead atoms. The molecule has 9 heteroatoms. The molecule has 4 rings (SSSR count). The van der Waals surface area contributed by atoms with E-state index in [1.165, 1.54) is 36.7 Å². The highest BCUT2D eigenvalue weighted by Crippen LogP contribution is 2.44. The van der Waals surface area contributed by atoms with E-state index >= 15 is 0 Å². The molecule has 1 amide bonds. The first-order valence-electron chi connectivity index (χ1n) is 8.52. The molecule has 1 N–H and O–H groups in total. The topological polar surface area (TPSA) is 73.3 Å². The SMILES string of the molecule is Cc1ccc(F)cc1C(=O)Nc1cnc(-c2cc3c(cc2C)OC(F)(F)O3)cn1. The first-order chi connectivity index (χ1) is 13.7. The third-order valence-corrected chi connectivity index (χ3v) is 4.36. The lowest BCUT2D eigenvalue weighted by Gasteiger charge is -2.09. The van der Waals surface area contributed by atoms with Crippen LogP contribution in [0, 0.1) is 19.7 Å². The standard InChI is InChI=1S/C20H14F3N3O3/c1-10-3-4-12(21)6-14(10)19(27)26-18-9-24-15(8-25-18)13-7-17-16(5-11(13)2)28-20(22,23)29-17/h3-9H,1-2H3,(H,25,26,27). The number of nitrogens with one attached hydrogen (secondary N) is 1. The molecule has 148 valence electrons. The van der Waals surface area contributed by atoms with E-state index in [0.29, 0.717) is 22.4 Å². The predicted octanol–water partition coefficient (Wildman–Crippen LogP) is 4.47. The maximum atomic E-state index is 13.4. The number of benzene rings is 2. The third-order valence-electron chi connectivity index (χ3n) is 4.36. The molecule has 1 aliphatic rings. The number of hydrogen-bond acceptors (Lipinski definition) is 5. The number of halogens is 3. The van der Waals surface area contributed by atoms with Crippen molar-refractivity contribution in [2.24, 2.45) is 0 Å². The summed E-state index contributed by atoms with van der Waals surface area (Å²) in [5.74, 6) is -1.04. The molecule has 0 aliphatic carbocycles. The summed E-state index contributed by atoms with van der Waals surface area (Å²) in [5.41, 5.74) is 2.34. The molecule has 2 heterocycles. The monoisotopic (exact) mass is 401 g/mol. The van der Waals surface area contributed by atoms with Gasteiger partial charge in [-0.2, -0.15) is 0 Å². The molecule has 1 aliphatic heterocycles. The summed E-state index contributed by atoms with van der Waals surface area (Å²) in [4.78, 5) is 20.7. The van der Waals surface area contributed by atoms with Crippen LogP contribution in [-0.4, -0.2) is 22.2 Å². The smallest absolute Gasteiger partial charge is 0.395 e. The number of anilines is 1. The number of aromatic nitrogens is 2. The summed E-state index contributed by atoms with van der Waals surface area (Å²) >= 11 is 0. The molecule has 3 aromatic rings. The first kappa shape index (κ1) is 18.7. The van der Waals surface area contributed by atoms with E-state index in [4.69, 9.17) is 0 Å². The molecule has 0 atom stereocenters. The zero-order valence-corrected chi connectivity index (χ0v) is 15.3. The van der Waals surface area contributed by atoms with Gasteiger partial charge in [-0.25, -0.2) is 9.37 Å². The van der Waals surface area contributed by atoms with Crippen LogP contribution in [-0.2, 0) is 0 Å². The van der Waals surface area contributed by atoms with Crippen molar-refractivity contribution in [3.8, 4) is 22.8 Å². The highest BCUT2D eigenvalue weighted by Gasteiger charge is 2.43. The average molecular weight is 401 g/mol. The van der Waals surface area contributed by atoms with Crippen LogP contribution in [0.2, 0.25) is 0 Å². The van der Waals surface area contributed by atoms with Crippen molar-refractivity contribution in [3.63, 3.8) is 0 Å². The normalized spacial score (nSPS) is 14.0. The Kier molecular flexibility index (Phi) is 4.37. The highest BCUT2D eigenvalue weighted by atomic mass is 19.3. The molecule has 0 unspecified atom stereocenters.